The van der Waals surface area contributed by atoms with Gasteiger partial charge in [-0.05, 0) is 126 Å². The molecule has 1 unspecified atom stereocenters. The first-order chi connectivity index (χ1) is 27.0. The van der Waals surface area contributed by atoms with Gasteiger partial charge in [0, 0.05) is 55.1 Å². The second kappa shape index (κ2) is 16.0. The molecule has 8 rings (SSSR count). The average Bonchev–Trinajstić information content (AvgIpc) is 3.76. The lowest BCUT2D eigenvalue weighted by atomic mass is 9.81. The number of imide groups is 1. The van der Waals surface area contributed by atoms with Crippen molar-refractivity contribution in [2.45, 2.75) is 95.7 Å². The number of carbonyl (C=O) groups is 4. The molecule has 2 aromatic carbocycles. The van der Waals surface area contributed by atoms with Crippen molar-refractivity contribution in [2.24, 2.45) is 11.8 Å². The molecule has 56 heavy (non-hydrogen) atoms. The Hall–Kier alpha value is -4.72. The number of hydrogen-bond donors (Lipinski definition) is 4. The van der Waals surface area contributed by atoms with E-state index >= 15 is 0 Å². The third-order valence-corrected chi connectivity index (χ3v) is 13.4. The van der Waals surface area contributed by atoms with Gasteiger partial charge in [0.05, 0.1) is 26.4 Å². The van der Waals surface area contributed by atoms with Crippen LogP contribution in [0, 0.1) is 11.8 Å². The summed E-state index contributed by atoms with van der Waals surface area (Å²) in [5, 5.41) is 21.0. The first kappa shape index (κ1) is 38.2. The number of anilines is 2. The van der Waals surface area contributed by atoms with Crippen LogP contribution in [0.5, 0.6) is 0 Å². The molecule has 1 saturated carbocycles. The Balaban J connectivity index is 0.796. The number of likely N-dealkylation sites (tertiary alicyclic amines) is 1. The largest absolute Gasteiger partial charge is 0.386 e. The fourth-order valence-electron chi connectivity index (χ4n) is 9.05. The molecule has 5 heterocycles. The van der Waals surface area contributed by atoms with E-state index in [1.165, 1.54) is 25.7 Å². The van der Waals surface area contributed by atoms with Gasteiger partial charge < -0.3 is 25.5 Å². The molecule has 12 nitrogen and oxygen atoms in total. The number of hydrogen-bond acceptors (Lipinski definition) is 10. The number of rotatable bonds is 11. The van der Waals surface area contributed by atoms with Gasteiger partial charge in [0.2, 0.25) is 11.8 Å². The molecule has 4 N–H and O–H groups in total. The van der Waals surface area contributed by atoms with E-state index in [2.05, 4.69) is 25.8 Å². The highest BCUT2D eigenvalue weighted by Crippen LogP contribution is 2.42. The van der Waals surface area contributed by atoms with Gasteiger partial charge in [-0.15, -0.1) is 11.3 Å². The first-order valence-electron chi connectivity index (χ1n) is 20.1. The van der Waals surface area contributed by atoms with Crippen molar-refractivity contribution >= 4 is 56.6 Å². The molecule has 1 aliphatic carbocycles. The Labute approximate surface area is 331 Å². The maximum absolute atomic E-state index is 13.4. The summed E-state index contributed by atoms with van der Waals surface area (Å²) in [7, 11) is 0. The quantitative estimate of drug-likeness (QED) is 0.126. The van der Waals surface area contributed by atoms with E-state index < -0.39 is 11.6 Å². The third kappa shape index (κ3) is 8.21. The van der Waals surface area contributed by atoms with Crippen LogP contribution in [0.15, 0.2) is 54.7 Å². The maximum atomic E-state index is 13.4. The van der Waals surface area contributed by atoms with Crippen molar-refractivity contribution in [1.29, 1.82) is 0 Å². The van der Waals surface area contributed by atoms with Gasteiger partial charge in [0.15, 0.2) is 0 Å². The van der Waals surface area contributed by atoms with Crippen molar-refractivity contribution in [2.75, 3.05) is 36.8 Å². The van der Waals surface area contributed by atoms with Crippen molar-refractivity contribution < 1.29 is 24.3 Å². The fraction of sp³-hybridized carbons (Fsp3) is 0.488. The van der Waals surface area contributed by atoms with Gasteiger partial charge in [-0.2, -0.15) is 0 Å². The van der Waals surface area contributed by atoms with E-state index in [1.807, 2.05) is 30.3 Å². The predicted molar refractivity (Wildman–Crippen MR) is 217 cm³/mol. The van der Waals surface area contributed by atoms with Crippen LogP contribution in [0.1, 0.15) is 115 Å². The number of benzene rings is 2. The number of aliphatic hydroxyl groups is 1. The third-order valence-electron chi connectivity index (χ3n) is 12.2. The second-order valence-electron chi connectivity index (χ2n) is 16.6. The molecule has 2 saturated heterocycles. The fourth-order valence-corrected chi connectivity index (χ4v) is 10.2. The smallest absolute Gasteiger partial charge is 0.274 e. The summed E-state index contributed by atoms with van der Waals surface area (Å²) in [4.78, 5) is 64.0. The Kier molecular flexibility index (Phi) is 10.9. The van der Waals surface area contributed by atoms with Crippen LogP contribution in [-0.2, 0) is 21.7 Å². The van der Waals surface area contributed by atoms with Crippen molar-refractivity contribution in [3.05, 3.63) is 82.1 Å². The molecule has 1 atom stereocenters. The SMILES string of the molecule is CC(C)(O)c1cc2nc(C3CCC(CN4CCC(CCNc5cccc6c5C(=O)N(C5CCC(=O)NC5=O)C6)CC4)CC3)sc2cc1NC(=O)c1ccccn1. The zero-order chi connectivity index (χ0) is 39.0. The van der Waals surface area contributed by atoms with Crippen LogP contribution in [0.25, 0.3) is 10.2 Å². The lowest BCUT2D eigenvalue weighted by Crippen LogP contribution is -2.52. The van der Waals surface area contributed by atoms with E-state index in [0.29, 0.717) is 53.2 Å². The zero-order valence-electron chi connectivity index (χ0n) is 32.2. The molecule has 0 spiro atoms. The number of thiazole rings is 1. The van der Waals surface area contributed by atoms with Gasteiger partial charge in [0.25, 0.3) is 11.8 Å². The molecule has 0 radical (unpaired) electrons. The molecule has 4 aromatic rings. The number of piperidine rings is 2. The van der Waals surface area contributed by atoms with Gasteiger partial charge >= 0.3 is 0 Å². The number of carbonyl (C=O) groups excluding carboxylic acids is 4. The first-order valence-corrected chi connectivity index (χ1v) is 20.9. The van der Waals surface area contributed by atoms with Gasteiger partial charge in [0.1, 0.15) is 11.7 Å². The maximum Gasteiger partial charge on any atom is 0.274 e. The minimum atomic E-state index is -1.16. The Morgan fingerprint density at radius 3 is 2.50 bits per heavy atom. The molecule has 294 valence electrons. The van der Waals surface area contributed by atoms with Crippen LogP contribution < -0.4 is 16.0 Å². The highest BCUT2D eigenvalue weighted by atomic mass is 32.1. The van der Waals surface area contributed by atoms with E-state index in [9.17, 15) is 24.3 Å². The topological polar surface area (TPSA) is 157 Å². The van der Waals surface area contributed by atoms with Crippen LogP contribution >= 0.6 is 11.3 Å². The minimum absolute atomic E-state index is 0.140. The molecule has 4 aliphatic rings. The summed E-state index contributed by atoms with van der Waals surface area (Å²) in [6.07, 6.45) is 10.2. The van der Waals surface area contributed by atoms with Gasteiger partial charge in [-0.3, -0.25) is 29.5 Å². The van der Waals surface area contributed by atoms with E-state index in [4.69, 9.17) is 4.98 Å². The van der Waals surface area contributed by atoms with Crippen LogP contribution in [0.2, 0.25) is 0 Å². The van der Waals surface area contributed by atoms with Crippen molar-refractivity contribution in [3.8, 4) is 0 Å². The van der Waals surface area contributed by atoms with Gasteiger partial charge in [-0.1, -0.05) is 18.2 Å². The standard InChI is InChI=1S/C43H51N7O5S/c1-43(2,55)30-22-34-36(23-33(30)46-39(52)32-7-3-4-18-44-32)56-41(47-34)28-11-9-27(10-12-28)24-49-20-16-26(17-21-49)15-19-45-31-8-5-6-29-25-50(42(54)38(29)31)35-13-14-37(51)48-40(35)53/h3-8,18,22-23,26-28,35,45,55H,9-17,19-21,24-25H2,1-2H3,(H,46,52)(H,48,51,53). The number of fused-ring (bicyclic) bond motifs is 2. The lowest BCUT2D eigenvalue weighted by Gasteiger charge is -2.36. The summed E-state index contributed by atoms with van der Waals surface area (Å²) < 4.78 is 1.00. The Morgan fingerprint density at radius 1 is 0.964 bits per heavy atom. The second-order valence-corrected chi connectivity index (χ2v) is 17.6. The lowest BCUT2D eigenvalue weighted by molar-refractivity contribution is -0.136. The number of aromatic nitrogens is 2. The number of nitrogens with one attached hydrogen (secondary N) is 3. The van der Waals surface area contributed by atoms with E-state index in [1.54, 1.807) is 54.5 Å². The average molecular weight is 778 g/mol. The number of pyridine rings is 1. The van der Waals surface area contributed by atoms with Gasteiger partial charge in [-0.25, -0.2) is 4.98 Å². The highest BCUT2D eigenvalue weighted by molar-refractivity contribution is 7.18. The minimum Gasteiger partial charge on any atom is -0.386 e. The molecule has 3 fully saturated rings. The number of amides is 4. The van der Waals surface area contributed by atoms with Crippen LogP contribution in [0.4, 0.5) is 11.4 Å². The molecular weight excluding hydrogens is 727 g/mol. The van der Waals surface area contributed by atoms with E-state index in [0.717, 1.165) is 71.9 Å². The van der Waals surface area contributed by atoms with E-state index in [-0.39, 0.29) is 30.0 Å². The summed E-state index contributed by atoms with van der Waals surface area (Å²) in [6.45, 7) is 8.01. The molecule has 4 amide bonds. The van der Waals surface area contributed by atoms with Crippen molar-refractivity contribution in [1.82, 2.24) is 25.1 Å². The zero-order valence-corrected chi connectivity index (χ0v) is 33.0. The summed E-state index contributed by atoms with van der Waals surface area (Å²) in [5.74, 6) is 0.629. The Bertz CT molecular complexity index is 2120. The Morgan fingerprint density at radius 2 is 1.77 bits per heavy atom. The molecular formula is C43H51N7O5S. The number of nitrogens with zero attached hydrogens (tertiary/aromatic N) is 4. The highest BCUT2D eigenvalue weighted by Gasteiger charge is 2.40. The normalized spacial score (nSPS) is 22.3. The molecule has 13 heteroatoms. The van der Waals surface area contributed by atoms with Crippen LogP contribution in [0.3, 0.4) is 0 Å². The molecule has 3 aliphatic heterocycles. The summed E-state index contributed by atoms with van der Waals surface area (Å²) >= 11 is 1.70. The monoisotopic (exact) mass is 777 g/mol. The predicted octanol–water partition coefficient (Wildman–Crippen LogP) is 6.42. The molecule has 0 bridgehead atoms. The van der Waals surface area contributed by atoms with Crippen LogP contribution in [-0.4, -0.2) is 80.7 Å². The van der Waals surface area contributed by atoms with Crippen molar-refractivity contribution in [3.63, 3.8) is 0 Å². The summed E-state index contributed by atoms with van der Waals surface area (Å²) in [6, 6.07) is 14.4. The summed E-state index contributed by atoms with van der Waals surface area (Å²) in [5.41, 5.74) is 3.63. The molecule has 2 aromatic heterocycles.